The van der Waals surface area contributed by atoms with Crippen LogP contribution in [0, 0.1) is 0 Å². The van der Waals surface area contributed by atoms with Gasteiger partial charge < -0.3 is 13.7 Å². The summed E-state index contributed by atoms with van der Waals surface area (Å²) in [5.41, 5.74) is 11.1. The smallest absolute Gasteiger partial charge is 0.0620 e. The molecule has 0 N–H and O–H groups in total. The Labute approximate surface area is 258 Å². The molecule has 0 fully saturated rings. The van der Waals surface area contributed by atoms with Crippen LogP contribution in [-0.2, 0) is 0 Å². The lowest BCUT2D eigenvalue weighted by Gasteiger charge is -2.25. The van der Waals surface area contributed by atoms with Crippen LogP contribution in [0.3, 0.4) is 0 Å². The van der Waals surface area contributed by atoms with Crippen molar-refractivity contribution in [3.63, 3.8) is 0 Å². The molecule has 0 amide bonds. The lowest BCUT2D eigenvalue weighted by molar-refractivity contribution is 1.28. The molecule has 0 aliphatic carbocycles. The molecule has 11 aromatic rings. The molecule has 0 unspecified atom stereocenters. The molecular weight excluding hydrogens is 546 g/mol. The molecule has 0 bridgehead atoms. The SMILES string of the molecule is c1ccc(N(c2ccccc2)c2ccc3c(c2)c2cccc4c5cc6c7cccc8c9ccccc9n(c6cc5n3c24)c87)cc1. The van der Waals surface area contributed by atoms with Crippen LogP contribution in [-0.4, -0.2) is 8.80 Å². The van der Waals surface area contributed by atoms with E-state index in [1.807, 2.05) is 0 Å². The predicted octanol–water partition coefficient (Wildman–Crippen LogP) is 11.5. The Balaban J connectivity index is 1.25. The fourth-order valence-corrected chi connectivity index (χ4v) is 8.13. The van der Waals surface area contributed by atoms with Crippen LogP contribution in [0.25, 0.3) is 76.2 Å². The average molecular weight is 572 g/mol. The van der Waals surface area contributed by atoms with Gasteiger partial charge >= 0.3 is 0 Å². The average Bonchev–Trinajstić information content (AvgIpc) is 3.82. The largest absolute Gasteiger partial charge is 0.310 e. The van der Waals surface area contributed by atoms with Crippen LogP contribution >= 0.6 is 0 Å². The summed E-state index contributed by atoms with van der Waals surface area (Å²) in [6.45, 7) is 0. The molecular formula is C42H25N3. The molecule has 0 aliphatic rings. The van der Waals surface area contributed by atoms with Crippen molar-refractivity contribution >= 4 is 93.3 Å². The van der Waals surface area contributed by atoms with Gasteiger partial charge in [0.1, 0.15) is 0 Å². The van der Waals surface area contributed by atoms with Crippen LogP contribution in [0.15, 0.2) is 152 Å². The van der Waals surface area contributed by atoms with Crippen LogP contribution in [0.4, 0.5) is 17.1 Å². The molecule has 7 aromatic carbocycles. The van der Waals surface area contributed by atoms with E-state index >= 15 is 0 Å². The highest BCUT2D eigenvalue weighted by molar-refractivity contribution is 6.29. The Hall–Kier alpha value is -6.06. The van der Waals surface area contributed by atoms with Crippen LogP contribution < -0.4 is 4.90 Å². The normalized spacial score (nSPS) is 12.4. The molecule has 3 heteroatoms. The highest BCUT2D eigenvalue weighted by Gasteiger charge is 2.23. The van der Waals surface area contributed by atoms with Crippen molar-refractivity contribution in [3.8, 4) is 0 Å². The van der Waals surface area contributed by atoms with Gasteiger partial charge in [0.25, 0.3) is 0 Å². The van der Waals surface area contributed by atoms with Gasteiger partial charge in [0.15, 0.2) is 0 Å². The first kappa shape index (κ1) is 23.4. The molecule has 11 rings (SSSR count). The molecule has 0 saturated heterocycles. The fourth-order valence-electron chi connectivity index (χ4n) is 8.13. The van der Waals surface area contributed by atoms with Crippen molar-refractivity contribution in [1.29, 1.82) is 0 Å². The summed E-state index contributed by atoms with van der Waals surface area (Å²) < 4.78 is 4.98. The summed E-state index contributed by atoms with van der Waals surface area (Å²) in [4.78, 5) is 2.35. The fraction of sp³-hybridized carbons (Fsp3) is 0. The zero-order chi connectivity index (χ0) is 29.2. The van der Waals surface area contributed by atoms with Crippen molar-refractivity contribution in [2.24, 2.45) is 0 Å². The van der Waals surface area contributed by atoms with E-state index in [1.54, 1.807) is 0 Å². The van der Waals surface area contributed by atoms with E-state index < -0.39 is 0 Å². The maximum atomic E-state index is 2.50. The highest BCUT2D eigenvalue weighted by Crippen LogP contribution is 2.45. The minimum Gasteiger partial charge on any atom is -0.310 e. The maximum Gasteiger partial charge on any atom is 0.0620 e. The number of hydrogen-bond donors (Lipinski definition) is 0. The molecule has 0 spiro atoms. The first-order chi connectivity index (χ1) is 22.3. The second kappa shape index (κ2) is 8.31. The summed E-state index contributed by atoms with van der Waals surface area (Å²) in [5, 5.41) is 10.4. The molecule has 4 heterocycles. The van der Waals surface area contributed by atoms with Gasteiger partial charge in [-0.15, -0.1) is 0 Å². The van der Waals surface area contributed by atoms with Crippen molar-refractivity contribution in [2.75, 3.05) is 4.90 Å². The predicted molar refractivity (Wildman–Crippen MR) is 190 cm³/mol. The van der Waals surface area contributed by atoms with E-state index in [2.05, 4.69) is 165 Å². The monoisotopic (exact) mass is 571 g/mol. The number of nitrogens with zero attached hydrogens (tertiary/aromatic N) is 3. The second-order valence-corrected chi connectivity index (χ2v) is 12.2. The third-order valence-corrected chi connectivity index (χ3v) is 9.93. The standard InChI is InChI=1S/C42H25N3/c1-3-11-26(12-4-1)43(27-13-5-2-6-14-27)28-21-22-38-34(23-28)31-17-10-19-33-36-24-35-32-18-9-16-30-29-15-7-8-20-37(29)44(41(30)32)39(35)25-40(36)45(38)42(31)33/h1-25H. The lowest BCUT2D eigenvalue weighted by atomic mass is 10.0. The molecule has 0 aliphatic heterocycles. The lowest BCUT2D eigenvalue weighted by Crippen LogP contribution is -2.09. The van der Waals surface area contributed by atoms with Gasteiger partial charge in [0.05, 0.1) is 33.1 Å². The number of fused-ring (bicyclic) bond motifs is 12. The number of benzene rings is 7. The number of para-hydroxylation sites is 5. The van der Waals surface area contributed by atoms with E-state index in [-0.39, 0.29) is 0 Å². The van der Waals surface area contributed by atoms with E-state index in [4.69, 9.17) is 0 Å². The molecule has 0 atom stereocenters. The molecule has 0 saturated carbocycles. The Kier molecular flexibility index (Phi) is 4.32. The van der Waals surface area contributed by atoms with E-state index in [0.29, 0.717) is 0 Å². The van der Waals surface area contributed by atoms with Crippen LogP contribution in [0.5, 0.6) is 0 Å². The highest BCUT2D eigenvalue weighted by atomic mass is 15.1. The van der Waals surface area contributed by atoms with Gasteiger partial charge in [-0.05, 0) is 60.7 Å². The van der Waals surface area contributed by atoms with Crippen molar-refractivity contribution < 1.29 is 0 Å². The maximum absolute atomic E-state index is 2.50. The molecule has 4 aromatic heterocycles. The molecule has 45 heavy (non-hydrogen) atoms. The second-order valence-electron chi connectivity index (χ2n) is 12.2. The van der Waals surface area contributed by atoms with Gasteiger partial charge in [-0.25, -0.2) is 0 Å². The number of hydrogen-bond acceptors (Lipinski definition) is 1. The van der Waals surface area contributed by atoms with Crippen molar-refractivity contribution in [1.82, 2.24) is 8.80 Å². The zero-order valence-electron chi connectivity index (χ0n) is 24.3. The Morgan fingerprint density at radius 3 is 1.36 bits per heavy atom. The van der Waals surface area contributed by atoms with Gasteiger partial charge in [0, 0.05) is 60.2 Å². The van der Waals surface area contributed by atoms with Gasteiger partial charge in [-0.1, -0.05) is 91.0 Å². The number of anilines is 3. The summed E-state index contributed by atoms with van der Waals surface area (Å²) >= 11 is 0. The minimum atomic E-state index is 1.14. The third kappa shape index (κ3) is 2.90. The van der Waals surface area contributed by atoms with Gasteiger partial charge in [-0.2, -0.15) is 0 Å². The van der Waals surface area contributed by atoms with Gasteiger partial charge in [-0.3, -0.25) is 0 Å². The van der Waals surface area contributed by atoms with Crippen LogP contribution in [0.2, 0.25) is 0 Å². The Morgan fingerprint density at radius 2 is 0.756 bits per heavy atom. The Morgan fingerprint density at radius 1 is 0.289 bits per heavy atom. The topological polar surface area (TPSA) is 12.1 Å². The van der Waals surface area contributed by atoms with E-state index in [1.165, 1.54) is 76.2 Å². The minimum absolute atomic E-state index is 1.14. The van der Waals surface area contributed by atoms with Crippen molar-refractivity contribution in [2.45, 2.75) is 0 Å². The molecule has 3 nitrogen and oxygen atoms in total. The quantitative estimate of drug-likeness (QED) is 0.205. The molecule has 208 valence electrons. The summed E-state index contributed by atoms with van der Waals surface area (Å²) in [6, 6.07) is 55.5. The van der Waals surface area contributed by atoms with Crippen molar-refractivity contribution in [3.05, 3.63) is 152 Å². The molecule has 0 radical (unpaired) electrons. The van der Waals surface area contributed by atoms with Gasteiger partial charge in [0.2, 0.25) is 0 Å². The van der Waals surface area contributed by atoms with E-state index in [0.717, 1.165) is 17.1 Å². The summed E-state index contributed by atoms with van der Waals surface area (Å²) in [5.74, 6) is 0. The summed E-state index contributed by atoms with van der Waals surface area (Å²) in [7, 11) is 0. The zero-order valence-corrected chi connectivity index (χ0v) is 24.3. The summed E-state index contributed by atoms with van der Waals surface area (Å²) in [6.07, 6.45) is 0. The third-order valence-electron chi connectivity index (χ3n) is 9.93. The van der Waals surface area contributed by atoms with Crippen LogP contribution in [0.1, 0.15) is 0 Å². The number of aromatic nitrogens is 2. The first-order valence-electron chi connectivity index (χ1n) is 15.5. The first-order valence-corrected chi connectivity index (χ1v) is 15.5. The Bertz CT molecular complexity index is 2870. The number of rotatable bonds is 3. The van der Waals surface area contributed by atoms with E-state index in [9.17, 15) is 0 Å².